The number of rotatable bonds is 6. The Labute approximate surface area is 96.3 Å². The Morgan fingerprint density at radius 2 is 1.94 bits per heavy atom. The lowest BCUT2D eigenvalue weighted by Gasteiger charge is -2.14. The van der Waals surface area contributed by atoms with Crippen molar-refractivity contribution >= 4 is 5.97 Å². The van der Waals surface area contributed by atoms with Crippen molar-refractivity contribution in [3.05, 3.63) is 35.9 Å². The highest BCUT2D eigenvalue weighted by molar-refractivity contribution is 5.70. The number of benzene rings is 1. The van der Waals surface area contributed by atoms with E-state index in [0.29, 0.717) is 12.3 Å². The molecule has 0 aliphatic carbocycles. The number of nitrogens with two attached hydrogens (primary N) is 1. The first-order valence-corrected chi connectivity index (χ1v) is 5.63. The summed E-state index contributed by atoms with van der Waals surface area (Å²) >= 11 is 0. The summed E-state index contributed by atoms with van der Waals surface area (Å²) < 4.78 is 0. The Hall–Kier alpha value is -1.35. The third kappa shape index (κ3) is 3.66. The number of hydrogen-bond donors (Lipinski definition) is 2. The van der Waals surface area contributed by atoms with E-state index in [1.807, 2.05) is 18.2 Å². The average Bonchev–Trinajstić information content (AvgIpc) is 2.30. The number of carboxylic acids is 1. The number of carbonyl (C=O) groups is 1. The van der Waals surface area contributed by atoms with E-state index in [0.717, 1.165) is 6.42 Å². The Bertz CT molecular complexity index is 324. The minimum absolute atomic E-state index is 0.219. The molecule has 16 heavy (non-hydrogen) atoms. The highest BCUT2D eigenvalue weighted by Crippen LogP contribution is 2.22. The molecule has 0 spiro atoms. The summed E-state index contributed by atoms with van der Waals surface area (Å²) in [6.07, 6.45) is 1.50. The standard InChI is InChI=1S/C13H19NO2/c1-10(11-5-3-2-4-6-11)7-8-12(9-14)13(15)16/h2-6,10,12H,7-9,14H2,1H3,(H,15,16). The maximum absolute atomic E-state index is 10.8. The molecule has 1 aromatic carbocycles. The van der Waals surface area contributed by atoms with Crippen molar-refractivity contribution in [3.63, 3.8) is 0 Å². The fourth-order valence-corrected chi connectivity index (χ4v) is 1.74. The van der Waals surface area contributed by atoms with Crippen LogP contribution < -0.4 is 5.73 Å². The minimum atomic E-state index is -0.789. The minimum Gasteiger partial charge on any atom is -0.481 e. The van der Waals surface area contributed by atoms with Crippen molar-refractivity contribution in [2.75, 3.05) is 6.54 Å². The molecule has 0 bridgehead atoms. The van der Waals surface area contributed by atoms with Gasteiger partial charge < -0.3 is 10.8 Å². The number of carboxylic acid groups (broad SMARTS) is 1. The highest BCUT2D eigenvalue weighted by atomic mass is 16.4. The van der Waals surface area contributed by atoms with Gasteiger partial charge in [0.2, 0.25) is 0 Å². The Morgan fingerprint density at radius 3 is 2.44 bits per heavy atom. The molecule has 2 atom stereocenters. The molecule has 1 rings (SSSR count). The van der Waals surface area contributed by atoms with Crippen molar-refractivity contribution in [1.29, 1.82) is 0 Å². The van der Waals surface area contributed by atoms with Gasteiger partial charge in [-0.2, -0.15) is 0 Å². The Morgan fingerprint density at radius 1 is 1.31 bits per heavy atom. The summed E-state index contributed by atoms with van der Waals surface area (Å²) in [4.78, 5) is 10.8. The number of hydrogen-bond acceptors (Lipinski definition) is 2. The van der Waals surface area contributed by atoms with Gasteiger partial charge in [0.25, 0.3) is 0 Å². The third-order valence-corrected chi connectivity index (χ3v) is 2.95. The van der Waals surface area contributed by atoms with Gasteiger partial charge in [0.1, 0.15) is 0 Å². The lowest BCUT2D eigenvalue weighted by Crippen LogP contribution is -2.23. The second kappa shape index (κ2) is 6.28. The summed E-state index contributed by atoms with van der Waals surface area (Å²) in [6.45, 7) is 2.33. The van der Waals surface area contributed by atoms with Crippen LogP contribution in [0, 0.1) is 5.92 Å². The molecule has 0 saturated carbocycles. The summed E-state index contributed by atoms with van der Waals surface area (Å²) in [6, 6.07) is 10.1. The van der Waals surface area contributed by atoms with Crippen LogP contribution in [-0.4, -0.2) is 17.6 Å². The monoisotopic (exact) mass is 221 g/mol. The van der Waals surface area contributed by atoms with Crippen LogP contribution in [0.25, 0.3) is 0 Å². The van der Waals surface area contributed by atoms with Crippen molar-refractivity contribution in [2.45, 2.75) is 25.7 Å². The average molecular weight is 221 g/mol. The second-order valence-corrected chi connectivity index (χ2v) is 4.16. The van der Waals surface area contributed by atoms with Crippen molar-refractivity contribution in [2.24, 2.45) is 11.7 Å². The van der Waals surface area contributed by atoms with E-state index in [1.54, 1.807) is 0 Å². The van der Waals surface area contributed by atoms with Gasteiger partial charge >= 0.3 is 5.97 Å². The Balaban J connectivity index is 2.46. The predicted octanol–water partition coefficient (Wildman–Crippen LogP) is 2.23. The summed E-state index contributed by atoms with van der Waals surface area (Å²) in [5, 5.41) is 8.88. The predicted molar refractivity (Wildman–Crippen MR) is 64.3 cm³/mol. The lowest BCUT2D eigenvalue weighted by atomic mass is 9.92. The normalized spacial score (nSPS) is 14.4. The molecule has 0 aliphatic rings. The zero-order chi connectivity index (χ0) is 12.0. The molecular formula is C13H19NO2. The molecule has 3 nitrogen and oxygen atoms in total. The van der Waals surface area contributed by atoms with Gasteiger partial charge in [-0.15, -0.1) is 0 Å². The molecule has 0 heterocycles. The van der Waals surface area contributed by atoms with Crippen LogP contribution in [-0.2, 0) is 4.79 Å². The summed E-state index contributed by atoms with van der Waals surface area (Å²) in [7, 11) is 0. The molecule has 0 aliphatic heterocycles. The van der Waals surface area contributed by atoms with Crippen LogP contribution in [0.2, 0.25) is 0 Å². The van der Waals surface area contributed by atoms with E-state index in [9.17, 15) is 4.79 Å². The zero-order valence-corrected chi connectivity index (χ0v) is 9.60. The van der Waals surface area contributed by atoms with Gasteiger partial charge in [0, 0.05) is 6.54 Å². The molecule has 3 heteroatoms. The Kier molecular flexibility index (Phi) is 4.99. The van der Waals surface area contributed by atoms with Crippen LogP contribution in [0.5, 0.6) is 0 Å². The molecule has 0 saturated heterocycles. The molecule has 1 aromatic rings. The van der Waals surface area contributed by atoms with Crippen molar-refractivity contribution < 1.29 is 9.90 Å². The number of aliphatic carboxylic acids is 1. The molecule has 0 aromatic heterocycles. The maximum Gasteiger partial charge on any atom is 0.307 e. The largest absolute Gasteiger partial charge is 0.481 e. The third-order valence-electron chi connectivity index (χ3n) is 2.95. The van der Waals surface area contributed by atoms with Crippen LogP contribution >= 0.6 is 0 Å². The first-order valence-electron chi connectivity index (χ1n) is 5.63. The molecule has 88 valence electrons. The molecule has 0 amide bonds. The van der Waals surface area contributed by atoms with Crippen LogP contribution in [0.3, 0.4) is 0 Å². The smallest absolute Gasteiger partial charge is 0.307 e. The zero-order valence-electron chi connectivity index (χ0n) is 9.60. The maximum atomic E-state index is 10.8. The first-order chi connectivity index (χ1) is 7.65. The second-order valence-electron chi connectivity index (χ2n) is 4.16. The van der Waals surface area contributed by atoms with Gasteiger partial charge in [-0.05, 0) is 24.3 Å². The van der Waals surface area contributed by atoms with E-state index >= 15 is 0 Å². The molecule has 0 radical (unpaired) electrons. The van der Waals surface area contributed by atoms with Crippen LogP contribution in [0.15, 0.2) is 30.3 Å². The van der Waals surface area contributed by atoms with Gasteiger partial charge in [0.05, 0.1) is 5.92 Å². The molecule has 0 fully saturated rings. The fourth-order valence-electron chi connectivity index (χ4n) is 1.74. The van der Waals surface area contributed by atoms with Gasteiger partial charge in [0.15, 0.2) is 0 Å². The van der Waals surface area contributed by atoms with Crippen molar-refractivity contribution in [3.8, 4) is 0 Å². The van der Waals surface area contributed by atoms with E-state index in [4.69, 9.17) is 10.8 Å². The van der Waals surface area contributed by atoms with Crippen molar-refractivity contribution in [1.82, 2.24) is 0 Å². The summed E-state index contributed by atoms with van der Waals surface area (Å²) in [5.41, 5.74) is 6.67. The van der Waals surface area contributed by atoms with E-state index in [1.165, 1.54) is 5.56 Å². The molecule has 3 N–H and O–H groups in total. The van der Waals surface area contributed by atoms with Gasteiger partial charge in [-0.3, -0.25) is 4.79 Å². The quantitative estimate of drug-likeness (QED) is 0.774. The first kappa shape index (κ1) is 12.7. The molecular weight excluding hydrogens is 202 g/mol. The molecule has 2 unspecified atom stereocenters. The summed E-state index contributed by atoms with van der Waals surface area (Å²) in [5.74, 6) is -0.816. The van der Waals surface area contributed by atoms with Crippen LogP contribution in [0.4, 0.5) is 0 Å². The van der Waals surface area contributed by atoms with Gasteiger partial charge in [-0.25, -0.2) is 0 Å². The highest BCUT2D eigenvalue weighted by Gasteiger charge is 2.16. The lowest BCUT2D eigenvalue weighted by molar-refractivity contribution is -0.141. The van der Waals surface area contributed by atoms with E-state index in [-0.39, 0.29) is 6.54 Å². The topological polar surface area (TPSA) is 63.3 Å². The van der Waals surface area contributed by atoms with E-state index < -0.39 is 11.9 Å². The van der Waals surface area contributed by atoms with Crippen LogP contribution in [0.1, 0.15) is 31.2 Å². The fraction of sp³-hybridized carbons (Fsp3) is 0.462. The van der Waals surface area contributed by atoms with Gasteiger partial charge in [-0.1, -0.05) is 37.3 Å². The van der Waals surface area contributed by atoms with E-state index in [2.05, 4.69) is 19.1 Å². The SMILES string of the molecule is CC(CCC(CN)C(=O)O)c1ccccc1.